The quantitative estimate of drug-likeness (QED) is 0.870. The molecule has 1 aliphatic rings. The van der Waals surface area contributed by atoms with Crippen LogP contribution in [0, 0.1) is 5.92 Å². The van der Waals surface area contributed by atoms with Crippen molar-refractivity contribution in [1.82, 2.24) is 5.32 Å². The zero-order valence-electron chi connectivity index (χ0n) is 10.6. The van der Waals surface area contributed by atoms with E-state index in [1.807, 2.05) is 6.07 Å². The predicted molar refractivity (Wildman–Crippen MR) is 77.7 cm³/mol. The molecule has 1 saturated carbocycles. The lowest BCUT2D eigenvalue weighted by Crippen LogP contribution is -2.23. The van der Waals surface area contributed by atoms with E-state index in [1.165, 1.54) is 18.2 Å². The molecular formula is C15H18BrNO. The molecule has 0 amide bonds. The highest BCUT2D eigenvalue weighted by Gasteiger charge is 2.34. The van der Waals surface area contributed by atoms with Crippen molar-refractivity contribution in [2.24, 2.45) is 5.92 Å². The highest BCUT2D eigenvalue weighted by atomic mass is 79.9. The van der Waals surface area contributed by atoms with E-state index in [2.05, 4.69) is 46.4 Å². The first-order valence-electron chi connectivity index (χ1n) is 6.71. The first-order chi connectivity index (χ1) is 8.79. The van der Waals surface area contributed by atoms with E-state index in [4.69, 9.17) is 4.42 Å². The van der Waals surface area contributed by atoms with Crippen LogP contribution in [0.2, 0.25) is 0 Å². The van der Waals surface area contributed by atoms with Crippen molar-refractivity contribution in [3.8, 4) is 0 Å². The Balaban J connectivity index is 1.93. The average Bonchev–Trinajstić information content (AvgIpc) is 3.09. The fourth-order valence-electron chi connectivity index (χ4n) is 2.43. The van der Waals surface area contributed by atoms with Gasteiger partial charge in [0.05, 0.1) is 10.5 Å². The Morgan fingerprint density at radius 2 is 2.28 bits per heavy atom. The van der Waals surface area contributed by atoms with E-state index >= 15 is 0 Å². The van der Waals surface area contributed by atoms with E-state index in [0.717, 1.165) is 34.7 Å². The number of rotatable bonds is 5. The highest BCUT2D eigenvalue weighted by Crippen LogP contribution is 2.42. The second kappa shape index (κ2) is 5.06. The second-order valence-electron chi connectivity index (χ2n) is 5.08. The number of hydrogen-bond donors (Lipinski definition) is 1. The summed E-state index contributed by atoms with van der Waals surface area (Å²) in [7, 11) is 0. The molecule has 0 radical (unpaired) electrons. The molecule has 0 spiro atoms. The molecule has 1 aliphatic carbocycles. The maximum absolute atomic E-state index is 6.05. The first kappa shape index (κ1) is 12.2. The van der Waals surface area contributed by atoms with Gasteiger partial charge in [0.2, 0.25) is 0 Å². The van der Waals surface area contributed by atoms with Crippen LogP contribution in [0.5, 0.6) is 0 Å². The van der Waals surface area contributed by atoms with Crippen molar-refractivity contribution in [3.63, 3.8) is 0 Å². The van der Waals surface area contributed by atoms with Crippen LogP contribution >= 0.6 is 15.9 Å². The molecule has 0 bridgehead atoms. The summed E-state index contributed by atoms with van der Waals surface area (Å²) in [5.74, 6) is 1.85. The lowest BCUT2D eigenvalue weighted by molar-refractivity contribution is 0.396. The summed E-state index contributed by atoms with van der Waals surface area (Å²) in [6, 6.07) is 8.77. The number of hydrogen-bond acceptors (Lipinski definition) is 2. The third kappa shape index (κ3) is 2.34. The maximum Gasteiger partial charge on any atom is 0.148 e. The molecule has 3 rings (SSSR count). The van der Waals surface area contributed by atoms with Gasteiger partial charge in [-0.1, -0.05) is 19.1 Å². The lowest BCUT2D eigenvalue weighted by atomic mass is 10.1. The van der Waals surface area contributed by atoms with Gasteiger partial charge >= 0.3 is 0 Å². The summed E-state index contributed by atoms with van der Waals surface area (Å²) in [5, 5.41) is 4.80. The fourth-order valence-corrected chi connectivity index (χ4v) is 2.89. The van der Waals surface area contributed by atoms with E-state index in [1.54, 1.807) is 0 Å². The summed E-state index contributed by atoms with van der Waals surface area (Å²) in [5.41, 5.74) is 0.969. The SMILES string of the molecule is CCCNC(c1cc2cccc(Br)c2o1)C1CC1. The van der Waals surface area contributed by atoms with Crippen molar-refractivity contribution in [1.29, 1.82) is 0 Å². The Kier molecular flexibility index (Phi) is 3.44. The minimum Gasteiger partial charge on any atom is -0.458 e. The third-order valence-electron chi connectivity index (χ3n) is 3.53. The van der Waals surface area contributed by atoms with Gasteiger partial charge < -0.3 is 9.73 Å². The Morgan fingerprint density at radius 1 is 1.44 bits per heavy atom. The second-order valence-corrected chi connectivity index (χ2v) is 5.93. The van der Waals surface area contributed by atoms with Crippen molar-refractivity contribution in [3.05, 3.63) is 34.5 Å². The molecule has 1 fully saturated rings. The molecular weight excluding hydrogens is 290 g/mol. The average molecular weight is 308 g/mol. The van der Waals surface area contributed by atoms with Crippen LogP contribution in [0.15, 0.2) is 33.2 Å². The molecule has 2 nitrogen and oxygen atoms in total. The summed E-state index contributed by atoms with van der Waals surface area (Å²) in [4.78, 5) is 0. The molecule has 0 saturated heterocycles. The van der Waals surface area contributed by atoms with Crippen LogP contribution in [-0.2, 0) is 0 Å². The normalized spacial score (nSPS) is 17.2. The number of furan rings is 1. The monoisotopic (exact) mass is 307 g/mol. The smallest absolute Gasteiger partial charge is 0.148 e. The van der Waals surface area contributed by atoms with Gasteiger partial charge in [0, 0.05) is 5.39 Å². The van der Waals surface area contributed by atoms with E-state index in [9.17, 15) is 0 Å². The van der Waals surface area contributed by atoms with Gasteiger partial charge in [0.15, 0.2) is 0 Å². The number of fused-ring (bicyclic) bond motifs is 1. The Bertz CT molecular complexity index is 544. The number of nitrogens with one attached hydrogen (secondary N) is 1. The lowest BCUT2D eigenvalue weighted by Gasteiger charge is -2.14. The van der Waals surface area contributed by atoms with Crippen LogP contribution in [0.3, 0.4) is 0 Å². The molecule has 1 aromatic carbocycles. The molecule has 1 aromatic heterocycles. The Morgan fingerprint density at radius 3 is 2.94 bits per heavy atom. The minimum absolute atomic E-state index is 0.393. The zero-order chi connectivity index (χ0) is 12.5. The summed E-state index contributed by atoms with van der Waals surface area (Å²) in [6.45, 7) is 3.26. The van der Waals surface area contributed by atoms with Crippen molar-refractivity contribution >= 4 is 26.9 Å². The molecule has 18 heavy (non-hydrogen) atoms. The van der Waals surface area contributed by atoms with E-state index < -0.39 is 0 Å². The summed E-state index contributed by atoms with van der Waals surface area (Å²) < 4.78 is 7.09. The summed E-state index contributed by atoms with van der Waals surface area (Å²) >= 11 is 3.55. The van der Waals surface area contributed by atoms with Crippen molar-refractivity contribution in [2.45, 2.75) is 32.2 Å². The van der Waals surface area contributed by atoms with Gasteiger partial charge in [-0.3, -0.25) is 0 Å². The summed E-state index contributed by atoms with van der Waals surface area (Å²) in [6.07, 6.45) is 3.80. The van der Waals surface area contributed by atoms with Gasteiger partial charge in [-0.15, -0.1) is 0 Å². The van der Waals surface area contributed by atoms with Gasteiger partial charge in [-0.05, 0) is 59.8 Å². The molecule has 1 atom stereocenters. The number of para-hydroxylation sites is 1. The molecule has 1 unspecified atom stereocenters. The first-order valence-corrected chi connectivity index (χ1v) is 7.50. The molecule has 1 heterocycles. The third-order valence-corrected chi connectivity index (χ3v) is 4.15. The highest BCUT2D eigenvalue weighted by molar-refractivity contribution is 9.10. The van der Waals surface area contributed by atoms with Gasteiger partial charge in [0.25, 0.3) is 0 Å². The van der Waals surface area contributed by atoms with Gasteiger partial charge in [0.1, 0.15) is 11.3 Å². The van der Waals surface area contributed by atoms with Crippen LogP contribution in [0.4, 0.5) is 0 Å². The van der Waals surface area contributed by atoms with Gasteiger partial charge in [-0.25, -0.2) is 0 Å². The molecule has 0 aliphatic heterocycles. The zero-order valence-corrected chi connectivity index (χ0v) is 12.2. The van der Waals surface area contributed by atoms with E-state index in [-0.39, 0.29) is 0 Å². The van der Waals surface area contributed by atoms with Gasteiger partial charge in [-0.2, -0.15) is 0 Å². The van der Waals surface area contributed by atoms with E-state index in [0.29, 0.717) is 6.04 Å². The van der Waals surface area contributed by atoms with Crippen LogP contribution in [0.25, 0.3) is 11.0 Å². The molecule has 1 N–H and O–H groups in total. The number of benzene rings is 1. The molecule has 2 aromatic rings. The molecule has 96 valence electrons. The topological polar surface area (TPSA) is 25.2 Å². The maximum atomic E-state index is 6.05. The van der Waals surface area contributed by atoms with Crippen LogP contribution in [-0.4, -0.2) is 6.54 Å². The molecule has 3 heteroatoms. The minimum atomic E-state index is 0.393. The number of halogens is 1. The van der Waals surface area contributed by atoms with Crippen LogP contribution < -0.4 is 5.32 Å². The predicted octanol–water partition coefficient (Wildman–Crippen LogP) is 4.65. The van der Waals surface area contributed by atoms with Crippen LogP contribution in [0.1, 0.15) is 38.0 Å². The Hall–Kier alpha value is -0.800. The van der Waals surface area contributed by atoms with Crippen molar-refractivity contribution < 1.29 is 4.42 Å². The standard InChI is InChI=1S/C15H18BrNO/c1-2-8-17-14(10-6-7-10)13-9-11-4-3-5-12(16)15(11)18-13/h3-5,9-10,14,17H,2,6-8H2,1H3. The largest absolute Gasteiger partial charge is 0.458 e. The Labute approximate surface area is 116 Å². The fraction of sp³-hybridized carbons (Fsp3) is 0.467. The van der Waals surface area contributed by atoms with Crippen molar-refractivity contribution in [2.75, 3.05) is 6.54 Å².